The second-order valence-corrected chi connectivity index (χ2v) is 5.36. The third-order valence-electron chi connectivity index (χ3n) is 4.08. The number of hydrogen-bond donors (Lipinski definition) is 0. The van der Waals surface area contributed by atoms with Crippen molar-refractivity contribution in [3.8, 4) is 0 Å². The number of hydrogen-bond acceptors (Lipinski definition) is 2. The van der Waals surface area contributed by atoms with Gasteiger partial charge in [-0.15, -0.1) is 0 Å². The van der Waals surface area contributed by atoms with E-state index in [4.69, 9.17) is 0 Å². The Morgan fingerprint density at radius 3 is 2.48 bits per heavy atom. The van der Waals surface area contributed by atoms with E-state index in [1.54, 1.807) is 24.1 Å². The topological polar surface area (TPSA) is 37.4 Å². The molecule has 0 N–H and O–H groups in total. The van der Waals surface area contributed by atoms with Gasteiger partial charge in [0.1, 0.15) is 0 Å². The van der Waals surface area contributed by atoms with Gasteiger partial charge >= 0.3 is 0 Å². The normalized spacial score (nSPS) is 17.2. The summed E-state index contributed by atoms with van der Waals surface area (Å²) in [6.07, 6.45) is 1.52. The molecule has 3 rings (SSSR count). The quantitative estimate of drug-likeness (QED) is 0.847. The van der Waals surface area contributed by atoms with Gasteiger partial charge in [0.2, 0.25) is 0 Å². The van der Waals surface area contributed by atoms with Crippen molar-refractivity contribution in [3.05, 3.63) is 71.3 Å². The maximum atomic E-state index is 12.6. The molecule has 0 saturated heterocycles. The number of benzene rings is 2. The smallest absolute Gasteiger partial charge is 0.254 e. The molecule has 0 radical (unpaired) electrons. The lowest BCUT2D eigenvalue weighted by Crippen LogP contribution is -2.44. The fraction of sp³-hybridized carbons (Fsp3) is 0.222. The molecule has 0 spiro atoms. The van der Waals surface area contributed by atoms with Crippen LogP contribution < -0.4 is 0 Å². The van der Waals surface area contributed by atoms with Crippen LogP contribution in [0.15, 0.2) is 54.6 Å². The number of Topliss-reactive ketones (excluding diaryl/α,β-unsaturated/α-hetero) is 1. The zero-order valence-corrected chi connectivity index (χ0v) is 12.0. The molecule has 0 aliphatic heterocycles. The van der Waals surface area contributed by atoms with E-state index in [0.29, 0.717) is 12.0 Å². The maximum Gasteiger partial charge on any atom is 0.254 e. The molecule has 2 aromatic rings. The average molecular weight is 279 g/mol. The molecule has 1 unspecified atom stereocenters. The molecule has 1 aliphatic carbocycles. The molecule has 21 heavy (non-hydrogen) atoms. The van der Waals surface area contributed by atoms with Crippen molar-refractivity contribution in [3.63, 3.8) is 0 Å². The number of ketones is 1. The minimum Gasteiger partial charge on any atom is -0.331 e. The van der Waals surface area contributed by atoms with E-state index in [9.17, 15) is 9.59 Å². The van der Waals surface area contributed by atoms with Gasteiger partial charge in [-0.2, -0.15) is 0 Å². The Labute approximate surface area is 124 Å². The molecule has 1 aliphatic rings. The highest BCUT2D eigenvalue weighted by atomic mass is 16.2. The van der Waals surface area contributed by atoms with Crippen LogP contribution in [0.4, 0.5) is 0 Å². The zero-order valence-electron chi connectivity index (χ0n) is 12.0. The summed E-state index contributed by atoms with van der Waals surface area (Å²) in [6.45, 7) is 0. The first kappa shape index (κ1) is 13.6. The summed E-state index contributed by atoms with van der Waals surface area (Å²) in [7, 11) is 1.71. The lowest BCUT2D eigenvalue weighted by Gasteiger charge is -2.31. The lowest BCUT2D eigenvalue weighted by atomic mass is 9.86. The van der Waals surface area contributed by atoms with E-state index in [-0.39, 0.29) is 17.7 Å². The van der Waals surface area contributed by atoms with Crippen LogP contribution in [0.1, 0.15) is 32.7 Å². The molecule has 0 bridgehead atoms. The van der Waals surface area contributed by atoms with Crippen LogP contribution in [0.2, 0.25) is 0 Å². The van der Waals surface area contributed by atoms with Crippen LogP contribution in [0, 0.1) is 0 Å². The molecule has 0 saturated carbocycles. The van der Waals surface area contributed by atoms with Crippen LogP contribution in [-0.2, 0) is 6.42 Å². The van der Waals surface area contributed by atoms with Crippen molar-refractivity contribution >= 4 is 11.7 Å². The van der Waals surface area contributed by atoms with Crippen molar-refractivity contribution in [2.45, 2.75) is 18.9 Å². The molecule has 0 heterocycles. The Morgan fingerprint density at radius 2 is 1.71 bits per heavy atom. The largest absolute Gasteiger partial charge is 0.331 e. The van der Waals surface area contributed by atoms with E-state index in [1.807, 2.05) is 42.5 Å². The SMILES string of the molecule is CN(C(=O)c1ccccc1)C1CCc2ccccc2C1=O. The Kier molecular flexibility index (Phi) is 3.57. The lowest BCUT2D eigenvalue weighted by molar-refractivity contribution is 0.0642. The third kappa shape index (κ3) is 2.47. The highest BCUT2D eigenvalue weighted by Crippen LogP contribution is 2.24. The second-order valence-electron chi connectivity index (χ2n) is 5.36. The summed E-state index contributed by atoms with van der Waals surface area (Å²) >= 11 is 0. The minimum absolute atomic E-state index is 0.0450. The first-order valence-corrected chi connectivity index (χ1v) is 7.13. The van der Waals surface area contributed by atoms with E-state index in [1.165, 1.54) is 0 Å². The van der Waals surface area contributed by atoms with Gasteiger partial charge in [-0.25, -0.2) is 0 Å². The summed E-state index contributed by atoms with van der Waals surface area (Å²) in [4.78, 5) is 26.7. The Morgan fingerprint density at radius 1 is 1.05 bits per heavy atom. The van der Waals surface area contributed by atoms with Crippen molar-refractivity contribution in [1.29, 1.82) is 0 Å². The monoisotopic (exact) mass is 279 g/mol. The van der Waals surface area contributed by atoms with E-state index in [0.717, 1.165) is 17.5 Å². The predicted octanol–water partition coefficient (Wildman–Crippen LogP) is 2.96. The highest BCUT2D eigenvalue weighted by Gasteiger charge is 2.32. The fourth-order valence-electron chi connectivity index (χ4n) is 2.88. The summed E-state index contributed by atoms with van der Waals surface area (Å²) < 4.78 is 0. The van der Waals surface area contributed by atoms with Gasteiger partial charge in [0.25, 0.3) is 5.91 Å². The van der Waals surface area contributed by atoms with Crippen molar-refractivity contribution in [2.75, 3.05) is 7.05 Å². The summed E-state index contributed by atoms with van der Waals surface area (Å²) in [5.74, 6) is -0.0584. The Bertz CT molecular complexity index is 679. The Balaban J connectivity index is 1.85. The number of nitrogens with zero attached hydrogens (tertiary/aromatic N) is 1. The van der Waals surface area contributed by atoms with Crippen molar-refractivity contribution in [2.24, 2.45) is 0 Å². The van der Waals surface area contributed by atoms with Crippen LogP contribution in [0.25, 0.3) is 0 Å². The summed E-state index contributed by atoms with van der Waals surface area (Å²) in [5, 5.41) is 0. The molecule has 0 fully saturated rings. The van der Waals surface area contributed by atoms with Gasteiger partial charge in [0, 0.05) is 18.2 Å². The molecule has 1 amide bonds. The van der Waals surface area contributed by atoms with Gasteiger partial charge in [0.15, 0.2) is 5.78 Å². The second kappa shape index (κ2) is 5.52. The fourth-order valence-corrected chi connectivity index (χ4v) is 2.88. The Hall–Kier alpha value is -2.42. The predicted molar refractivity (Wildman–Crippen MR) is 81.4 cm³/mol. The van der Waals surface area contributed by atoms with E-state index >= 15 is 0 Å². The molecule has 0 aromatic heterocycles. The molecule has 1 atom stereocenters. The number of carbonyl (C=O) groups excluding carboxylic acids is 2. The van der Waals surface area contributed by atoms with Crippen LogP contribution in [0.3, 0.4) is 0 Å². The van der Waals surface area contributed by atoms with Crippen molar-refractivity contribution < 1.29 is 9.59 Å². The number of fused-ring (bicyclic) bond motifs is 1. The first-order valence-electron chi connectivity index (χ1n) is 7.13. The van der Waals surface area contributed by atoms with Crippen LogP contribution in [0.5, 0.6) is 0 Å². The number of carbonyl (C=O) groups is 2. The van der Waals surface area contributed by atoms with Gasteiger partial charge in [-0.3, -0.25) is 9.59 Å². The molecule has 3 heteroatoms. The minimum atomic E-state index is -0.368. The van der Waals surface area contributed by atoms with Gasteiger partial charge in [-0.1, -0.05) is 42.5 Å². The highest BCUT2D eigenvalue weighted by molar-refractivity contribution is 6.05. The summed E-state index contributed by atoms with van der Waals surface area (Å²) in [5.41, 5.74) is 2.45. The molecule has 2 aromatic carbocycles. The molecule has 106 valence electrons. The first-order chi connectivity index (χ1) is 10.2. The zero-order chi connectivity index (χ0) is 14.8. The number of aryl methyl sites for hydroxylation is 1. The standard InChI is InChI=1S/C18H17NO2/c1-19(18(21)14-8-3-2-4-9-14)16-12-11-13-7-5-6-10-15(13)17(16)20/h2-10,16H,11-12H2,1H3. The van der Waals surface area contributed by atoms with Crippen molar-refractivity contribution in [1.82, 2.24) is 4.90 Å². The maximum absolute atomic E-state index is 12.6. The van der Waals surface area contributed by atoms with Gasteiger partial charge in [0.05, 0.1) is 6.04 Å². The third-order valence-corrected chi connectivity index (χ3v) is 4.08. The summed E-state index contributed by atoms with van der Waals surface area (Å²) in [6, 6.07) is 16.4. The van der Waals surface area contributed by atoms with Crippen LogP contribution >= 0.6 is 0 Å². The molecule has 3 nitrogen and oxygen atoms in total. The molecular weight excluding hydrogens is 262 g/mol. The number of likely N-dealkylation sites (N-methyl/N-ethyl adjacent to an activating group) is 1. The van der Waals surface area contributed by atoms with Gasteiger partial charge in [-0.05, 0) is 30.5 Å². The van der Waals surface area contributed by atoms with E-state index in [2.05, 4.69) is 0 Å². The van der Waals surface area contributed by atoms with Gasteiger partial charge < -0.3 is 4.90 Å². The van der Waals surface area contributed by atoms with E-state index < -0.39 is 0 Å². The number of amides is 1. The number of rotatable bonds is 2. The molecular formula is C18H17NO2. The van der Waals surface area contributed by atoms with Crippen LogP contribution in [-0.4, -0.2) is 29.7 Å². The average Bonchev–Trinajstić information content (AvgIpc) is 2.55.